The van der Waals surface area contributed by atoms with E-state index in [0.717, 1.165) is 0 Å². The van der Waals surface area contributed by atoms with Gasteiger partial charge in [-0.3, -0.25) is 9.53 Å². The summed E-state index contributed by atoms with van der Waals surface area (Å²) >= 11 is 5.69. The molecule has 1 aliphatic heterocycles. The molecule has 1 N–H and O–H groups in total. The molecule has 2 fully saturated rings. The van der Waals surface area contributed by atoms with Crippen LogP contribution in [-0.4, -0.2) is 58.7 Å². The van der Waals surface area contributed by atoms with E-state index in [1.807, 2.05) is 0 Å². The van der Waals surface area contributed by atoms with Gasteiger partial charge in [0.1, 0.15) is 24.2 Å². The zero-order chi connectivity index (χ0) is 23.6. The molecule has 1 aliphatic carbocycles. The van der Waals surface area contributed by atoms with Crippen molar-refractivity contribution in [2.45, 2.75) is 56.4 Å². The van der Waals surface area contributed by atoms with E-state index < -0.39 is 24.4 Å². The first kappa shape index (κ1) is 23.9. The molecule has 1 aromatic heterocycles. The Labute approximate surface area is 191 Å². The lowest BCUT2D eigenvalue weighted by molar-refractivity contribution is -0.357. The quantitative estimate of drug-likeness (QED) is 0.595. The van der Waals surface area contributed by atoms with Gasteiger partial charge in [-0.15, -0.1) is 13.2 Å². The van der Waals surface area contributed by atoms with Crippen LogP contribution >= 0.6 is 11.6 Å². The van der Waals surface area contributed by atoms with Gasteiger partial charge in [0.05, 0.1) is 41.8 Å². The number of ether oxygens (including phenoxy) is 3. The highest BCUT2D eigenvalue weighted by molar-refractivity contribution is 6.30. The molecule has 2 aliphatic rings. The zero-order valence-corrected chi connectivity index (χ0v) is 18.0. The van der Waals surface area contributed by atoms with Crippen molar-refractivity contribution in [1.82, 2.24) is 20.3 Å². The Morgan fingerprint density at radius 3 is 2.73 bits per heavy atom. The van der Waals surface area contributed by atoms with Crippen LogP contribution in [0.15, 0.2) is 24.4 Å². The number of halogens is 5. The summed E-state index contributed by atoms with van der Waals surface area (Å²) in [5.41, 5.74) is 1.01. The third-order valence-corrected chi connectivity index (χ3v) is 5.72. The molecule has 8 nitrogen and oxygen atoms in total. The number of nitrogens with one attached hydrogen (secondary N) is 1. The molecular weight excluding hydrogens is 472 g/mol. The Balaban J connectivity index is 1.17. The van der Waals surface area contributed by atoms with E-state index in [0.29, 0.717) is 24.2 Å². The predicted octanol–water partition coefficient (Wildman–Crippen LogP) is 3.48. The third kappa shape index (κ3) is 6.40. The number of carbonyl (C=O) groups is 1. The van der Waals surface area contributed by atoms with Gasteiger partial charge >= 0.3 is 6.36 Å². The second-order valence-corrected chi connectivity index (χ2v) is 8.32. The molecule has 1 aromatic carbocycles. The highest BCUT2D eigenvalue weighted by atomic mass is 35.5. The number of carbonyl (C=O) groups excluding carboxylic acids is 1. The van der Waals surface area contributed by atoms with E-state index in [1.54, 1.807) is 6.07 Å². The van der Waals surface area contributed by atoms with E-state index in [4.69, 9.17) is 21.1 Å². The number of rotatable bonds is 7. The highest BCUT2D eigenvalue weighted by Crippen LogP contribution is 2.32. The summed E-state index contributed by atoms with van der Waals surface area (Å²) in [6.07, 6.45) is -3.37. The molecule has 0 unspecified atom stereocenters. The number of alkyl halides is 3. The van der Waals surface area contributed by atoms with Gasteiger partial charge in [0, 0.05) is 18.9 Å². The SMILES string of the molecule is O=C(CO[C@H]1C[C@@H](OC(F)(F)F)C1)N[C@@H]1CC[C@@H](c2cnn(-c3ccc(Cl)c(F)c3)n2)OC1. The summed E-state index contributed by atoms with van der Waals surface area (Å²) in [4.78, 5) is 13.3. The largest absolute Gasteiger partial charge is 0.522 e. The van der Waals surface area contributed by atoms with Crippen LogP contribution in [0.3, 0.4) is 0 Å². The van der Waals surface area contributed by atoms with Gasteiger partial charge in [0.15, 0.2) is 0 Å². The fourth-order valence-corrected chi connectivity index (χ4v) is 3.77. The average molecular weight is 493 g/mol. The zero-order valence-electron chi connectivity index (χ0n) is 17.2. The number of hydrogen-bond acceptors (Lipinski definition) is 6. The fraction of sp³-hybridized carbons (Fsp3) is 0.550. The third-order valence-electron chi connectivity index (χ3n) is 5.42. The van der Waals surface area contributed by atoms with Gasteiger partial charge in [-0.05, 0) is 25.0 Å². The summed E-state index contributed by atoms with van der Waals surface area (Å²) < 4.78 is 65.0. The van der Waals surface area contributed by atoms with Gasteiger partial charge < -0.3 is 14.8 Å². The summed E-state index contributed by atoms with van der Waals surface area (Å²) in [7, 11) is 0. The smallest absolute Gasteiger partial charge is 0.370 e. The number of benzene rings is 1. The second-order valence-electron chi connectivity index (χ2n) is 7.91. The molecule has 4 rings (SSSR count). The molecule has 0 bridgehead atoms. The predicted molar refractivity (Wildman–Crippen MR) is 106 cm³/mol. The lowest BCUT2D eigenvalue weighted by atomic mass is 9.92. The summed E-state index contributed by atoms with van der Waals surface area (Å²) in [6.45, 7) is 0.0130. The van der Waals surface area contributed by atoms with E-state index in [-0.39, 0.29) is 49.1 Å². The van der Waals surface area contributed by atoms with Crippen molar-refractivity contribution in [1.29, 1.82) is 0 Å². The standard InChI is InChI=1S/C20H21ClF4N4O4/c21-15-3-2-12(5-16(15)22)29-26-8-17(28-29)18-4-1-11(9-32-18)27-19(30)10-31-13-6-14(7-13)33-20(23,24)25/h2-3,5,8,11,13-14,18H,1,4,6-7,9-10H2,(H,27,30)/t11-,13-,14+,18+/m1/s1. The minimum atomic E-state index is -4.66. The molecule has 1 saturated carbocycles. The Bertz CT molecular complexity index is 975. The monoisotopic (exact) mass is 492 g/mol. The van der Waals surface area contributed by atoms with Crippen LogP contribution in [0.1, 0.15) is 37.5 Å². The second kappa shape index (κ2) is 9.92. The van der Waals surface area contributed by atoms with Crippen LogP contribution < -0.4 is 5.32 Å². The highest BCUT2D eigenvalue weighted by Gasteiger charge is 2.40. The Morgan fingerprint density at radius 1 is 1.27 bits per heavy atom. The molecule has 33 heavy (non-hydrogen) atoms. The van der Waals surface area contributed by atoms with Crippen molar-refractivity contribution < 1.29 is 36.6 Å². The molecule has 0 radical (unpaired) electrons. The van der Waals surface area contributed by atoms with Crippen LogP contribution in [0.5, 0.6) is 0 Å². The molecule has 0 spiro atoms. The Morgan fingerprint density at radius 2 is 2.06 bits per heavy atom. The normalized spacial score (nSPS) is 25.5. The molecule has 1 saturated heterocycles. The van der Waals surface area contributed by atoms with Gasteiger partial charge in [0.25, 0.3) is 0 Å². The van der Waals surface area contributed by atoms with Crippen molar-refractivity contribution in [3.63, 3.8) is 0 Å². The lowest BCUT2D eigenvalue weighted by Crippen LogP contribution is -2.45. The van der Waals surface area contributed by atoms with Crippen molar-refractivity contribution in [2.75, 3.05) is 13.2 Å². The molecule has 13 heteroatoms. The minimum Gasteiger partial charge on any atom is -0.370 e. The van der Waals surface area contributed by atoms with Gasteiger partial charge in [-0.2, -0.15) is 15.0 Å². The first-order valence-corrected chi connectivity index (χ1v) is 10.7. The minimum absolute atomic E-state index is 0.00702. The molecule has 2 atom stereocenters. The van der Waals surface area contributed by atoms with Crippen molar-refractivity contribution in [3.8, 4) is 5.69 Å². The molecule has 180 valence electrons. The van der Waals surface area contributed by atoms with Gasteiger partial charge in [0.2, 0.25) is 5.91 Å². The summed E-state index contributed by atoms with van der Waals surface area (Å²) in [6, 6.07) is 4.02. The van der Waals surface area contributed by atoms with Crippen LogP contribution in [0.25, 0.3) is 5.69 Å². The van der Waals surface area contributed by atoms with Gasteiger partial charge in [-0.25, -0.2) is 4.39 Å². The van der Waals surface area contributed by atoms with Crippen molar-refractivity contribution >= 4 is 17.5 Å². The maximum atomic E-state index is 13.7. The first-order chi connectivity index (χ1) is 15.7. The molecule has 2 heterocycles. The van der Waals surface area contributed by atoms with Crippen LogP contribution in [0, 0.1) is 5.82 Å². The van der Waals surface area contributed by atoms with E-state index in [2.05, 4.69) is 20.3 Å². The van der Waals surface area contributed by atoms with E-state index in [1.165, 1.54) is 23.1 Å². The number of nitrogens with zero attached hydrogens (tertiary/aromatic N) is 3. The molecule has 1 amide bonds. The fourth-order valence-electron chi connectivity index (χ4n) is 3.66. The molecule has 2 aromatic rings. The summed E-state index contributed by atoms with van der Waals surface area (Å²) in [5.74, 6) is -0.936. The van der Waals surface area contributed by atoms with Crippen molar-refractivity contribution in [2.24, 2.45) is 0 Å². The first-order valence-electron chi connectivity index (χ1n) is 10.3. The Kier molecular flexibility index (Phi) is 7.17. The van der Waals surface area contributed by atoms with Crippen LogP contribution in [-0.2, 0) is 19.0 Å². The molecular formula is C20H21ClF4N4O4. The van der Waals surface area contributed by atoms with Crippen LogP contribution in [0.2, 0.25) is 5.02 Å². The van der Waals surface area contributed by atoms with E-state index in [9.17, 15) is 22.4 Å². The topological polar surface area (TPSA) is 87.5 Å². The average Bonchev–Trinajstić information content (AvgIpc) is 3.21. The summed E-state index contributed by atoms with van der Waals surface area (Å²) in [5, 5.41) is 11.3. The number of aromatic nitrogens is 3. The maximum Gasteiger partial charge on any atom is 0.522 e. The maximum absolute atomic E-state index is 13.7. The van der Waals surface area contributed by atoms with Gasteiger partial charge in [-0.1, -0.05) is 11.6 Å². The van der Waals surface area contributed by atoms with Crippen LogP contribution in [0.4, 0.5) is 17.6 Å². The lowest BCUT2D eigenvalue weighted by Gasteiger charge is -2.35. The number of amides is 1. The number of hydrogen-bond donors (Lipinski definition) is 1. The van der Waals surface area contributed by atoms with E-state index >= 15 is 0 Å². The van der Waals surface area contributed by atoms with Crippen molar-refractivity contribution in [3.05, 3.63) is 40.9 Å². The Hall–Kier alpha value is -2.28.